The minimum Gasteiger partial charge on any atom is -0.317 e. The summed E-state index contributed by atoms with van der Waals surface area (Å²) >= 11 is 8.46. The van der Waals surface area contributed by atoms with Crippen LogP contribution in [0.25, 0.3) is 0 Å². The van der Waals surface area contributed by atoms with Gasteiger partial charge in [-0.2, -0.15) is 0 Å². The van der Waals surface area contributed by atoms with Crippen molar-refractivity contribution in [1.82, 2.24) is 9.97 Å². The fourth-order valence-electron chi connectivity index (χ4n) is 1.55. The van der Waals surface area contributed by atoms with Crippen LogP contribution >= 0.6 is 43.2 Å². The van der Waals surface area contributed by atoms with Gasteiger partial charge in [-0.05, 0) is 37.9 Å². The van der Waals surface area contributed by atoms with Crippen molar-refractivity contribution in [3.63, 3.8) is 0 Å². The summed E-state index contributed by atoms with van der Waals surface area (Å²) in [5, 5.41) is 2.96. The van der Waals surface area contributed by atoms with Crippen LogP contribution in [-0.2, 0) is 5.41 Å². The van der Waals surface area contributed by atoms with Crippen molar-refractivity contribution in [3.8, 4) is 0 Å². The van der Waals surface area contributed by atoms with Crippen LogP contribution in [0.4, 0.5) is 0 Å². The van der Waals surface area contributed by atoms with Gasteiger partial charge in [-0.1, -0.05) is 20.8 Å². The standard InChI is InChI=1S/C13H15Br2N3S/c1-13(2,3)9-6-19-12(18-9)10(16)11-8(15)4-7(14)5-17-11/h4-6,10H,16H2,1-3H3. The topological polar surface area (TPSA) is 51.8 Å². The van der Waals surface area contributed by atoms with Crippen LogP contribution in [0.2, 0.25) is 0 Å². The molecule has 1 atom stereocenters. The molecule has 3 nitrogen and oxygen atoms in total. The predicted molar refractivity (Wildman–Crippen MR) is 86.5 cm³/mol. The molecule has 2 aromatic rings. The Kier molecular flexibility index (Phi) is 4.45. The van der Waals surface area contributed by atoms with Crippen molar-refractivity contribution in [1.29, 1.82) is 0 Å². The van der Waals surface area contributed by atoms with Crippen LogP contribution in [0.1, 0.15) is 43.2 Å². The van der Waals surface area contributed by atoms with Gasteiger partial charge in [0.05, 0.1) is 11.4 Å². The van der Waals surface area contributed by atoms with E-state index in [1.807, 2.05) is 6.07 Å². The maximum absolute atomic E-state index is 6.26. The summed E-state index contributed by atoms with van der Waals surface area (Å²) in [6.07, 6.45) is 1.75. The first-order valence-corrected chi connectivity index (χ1v) is 8.28. The largest absolute Gasteiger partial charge is 0.317 e. The maximum Gasteiger partial charge on any atom is 0.116 e. The van der Waals surface area contributed by atoms with Gasteiger partial charge in [0.1, 0.15) is 11.0 Å². The van der Waals surface area contributed by atoms with Gasteiger partial charge in [-0.25, -0.2) is 4.98 Å². The highest BCUT2D eigenvalue weighted by molar-refractivity contribution is 9.11. The van der Waals surface area contributed by atoms with Crippen molar-refractivity contribution in [2.24, 2.45) is 5.73 Å². The highest BCUT2D eigenvalue weighted by Crippen LogP contribution is 2.31. The van der Waals surface area contributed by atoms with E-state index in [4.69, 9.17) is 5.73 Å². The number of pyridine rings is 1. The van der Waals surface area contributed by atoms with Crippen molar-refractivity contribution >= 4 is 43.2 Å². The molecule has 0 spiro atoms. The van der Waals surface area contributed by atoms with E-state index in [1.165, 1.54) is 0 Å². The Hall–Kier alpha value is -0.300. The molecule has 2 rings (SSSR count). The number of aromatic nitrogens is 2. The van der Waals surface area contributed by atoms with Gasteiger partial charge in [0.15, 0.2) is 0 Å². The molecule has 0 saturated heterocycles. The van der Waals surface area contributed by atoms with Crippen molar-refractivity contribution < 1.29 is 0 Å². The molecule has 0 saturated carbocycles. The Labute approximate surface area is 133 Å². The fourth-order valence-corrected chi connectivity index (χ4v) is 3.83. The average molecular weight is 405 g/mol. The quantitative estimate of drug-likeness (QED) is 0.806. The molecule has 0 aromatic carbocycles. The molecule has 102 valence electrons. The first-order chi connectivity index (χ1) is 8.79. The Morgan fingerprint density at radius 2 is 2.00 bits per heavy atom. The van der Waals surface area contributed by atoms with E-state index in [9.17, 15) is 0 Å². The van der Waals surface area contributed by atoms with Crippen molar-refractivity contribution in [3.05, 3.63) is 43.0 Å². The lowest BCUT2D eigenvalue weighted by Crippen LogP contribution is -2.16. The van der Waals surface area contributed by atoms with Crippen LogP contribution < -0.4 is 5.73 Å². The first kappa shape index (κ1) is 15.1. The van der Waals surface area contributed by atoms with E-state index in [2.05, 4.69) is 68.0 Å². The van der Waals surface area contributed by atoms with E-state index in [1.54, 1.807) is 17.5 Å². The van der Waals surface area contributed by atoms with Crippen LogP contribution in [0.15, 0.2) is 26.6 Å². The second kappa shape index (κ2) is 5.60. The SMILES string of the molecule is CC(C)(C)c1csc(C(N)c2ncc(Br)cc2Br)n1. The minimum absolute atomic E-state index is 0.0405. The van der Waals surface area contributed by atoms with Gasteiger partial charge in [-0.3, -0.25) is 4.98 Å². The Balaban J connectivity index is 2.34. The molecule has 0 aliphatic rings. The second-order valence-electron chi connectivity index (χ2n) is 5.32. The van der Waals surface area contributed by atoms with E-state index in [0.29, 0.717) is 0 Å². The van der Waals surface area contributed by atoms with Crippen LogP contribution in [0.3, 0.4) is 0 Å². The summed E-state index contributed by atoms with van der Waals surface area (Å²) in [5.41, 5.74) is 8.17. The Morgan fingerprint density at radius 3 is 2.53 bits per heavy atom. The summed E-state index contributed by atoms with van der Waals surface area (Å²) in [6, 6.07) is 1.64. The predicted octanol–water partition coefficient (Wildman–Crippen LogP) is 4.41. The molecular weight excluding hydrogens is 390 g/mol. The molecule has 2 aromatic heterocycles. The van der Waals surface area contributed by atoms with Crippen molar-refractivity contribution in [2.45, 2.75) is 32.2 Å². The number of hydrogen-bond donors (Lipinski definition) is 1. The maximum atomic E-state index is 6.26. The van der Waals surface area contributed by atoms with Crippen LogP contribution in [-0.4, -0.2) is 9.97 Å². The lowest BCUT2D eigenvalue weighted by Gasteiger charge is -2.15. The molecule has 2 heterocycles. The minimum atomic E-state index is -0.302. The number of rotatable bonds is 2. The average Bonchev–Trinajstić information content (AvgIpc) is 2.76. The summed E-state index contributed by atoms with van der Waals surface area (Å²) in [7, 11) is 0. The highest BCUT2D eigenvalue weighted by atomic mass is 79.9. The van der Waals surface area contributed by atoms with Gasteiger partial charge in [0.2, 0.25) is 0 Å². The monoisotopic (exact) mass is 403 g/mol. The van der Waals surface area contributed by atoms with Gasteiger partial charge in [0.25, 0.3) is 0 Å². The first-order valence-electron chi connectivity index (χ1n) is 5.81. The van der Waals surface area contributed by atoms with Gasteiger partial charge < -0.3 is 5.73 Å². The molecule has 0 amide bonds. The number of nitrogens with two attached hydrogens (primary N) is 1. The number of halogens is 2. The highest BCUT2D eigenvalue weighted by Gasteiger charge is 2.22. The second-order valence-corrected chi connectivity index (χ2v) is 7.98. The molecule has 6 heteroatoms. The zero-order valence-electron chi connectivity index (χ0n) is 10.9. The zero-order chi connectivity index (χ0) is 14.2. The Bertz CT molecular complexity index is 590. The van der Waals surface area contributed by atoms with Gasteiger partial charge in [0, 0.05) is 25.9 Å². The van der Waals surface area contributed by atoms with E-state index in [-0.39, 0.29) is 11.5 Å². The van der Waals surface area contributed by atoms with E-state index in [0.717, 1.165) is 25.3 Å². The third-order valence-corrected chi connectivity index (χ3v) is 4.68. The lowest BCUT2D eigenvalue weighted by molar-refractivity contribution is 0.569. The molecule has 2 N–H and O–H groups in total. The van der Waals surface area contributed by atoms with Crippen molar-refractivity contribution in [2.75, 3.05) is 0 Å². The Morgan fingerprint density at radius 1 is 1.32 bits per heavy atom. The lowest BCUT2D eigenvalue weighted by atomic mass is 9.93. The normalized spacial score (nSPS) is 13.6. The molecule has 1 unspecified atom stereocenters. The summed E-state index contributed by atoms with van der Waals surface area (Å²) in [6.45, 7) is 6.43. The smallest absolute Gasteiger partial charge is 0.116 e. The van der Waals surface area contributed by atoms with Crippen LogP contribution in [0, 0.1) is 0 Å². The molecule has 0 aliphatic carbocycles. The molecule has 0 bridgehead atoms. The summed E-state index contributed by atoms with van der Waals surface area (Å²) in [4.78, 5) is 9.02. The summed E-state index contributed by atoms with van der Waals surface area (Å²) in [5.74, 6) is 0. The van der Waals surface area contributed by atoms with Gasteiger partial charge in [-0.15, -0.1) is 11.3 Å². The number of hydrogen-bond acceptors (Lipinski definition) is 4. The molecular formula is C13H15Br2N3S. The third-order valence-electron chi connectivity index (χ3n) is 2.69. The third kappa shape index (κ3) is 3.42. The number of thiazole rings is 1. The molecule has 0 radical (unpaired) electrons. The fraction of sp³-hybridized carbons (Fsp3) is 0.385. The van der Waals surface area contributed by atoms with Gasteiger partial charge >= 0.3 is 0 Å². The zero-order valence-corrected chi connectivity index (χ0v) is 14.9. The van der Waals surface area contributed by atoms with Crippen LogP contribution in [0.5, 0.6) is 0 Å². The summed E-state index contributed by atoms with van der Waals surface area (Å²) < 4.78 is 1.81. The molecule has 0 aliphatic heterocycles. The molecule has 19 heavy (non-hydrogen) atoms. The van der Waals surface area contributed by atoms with E-state index >= 15 is 0 Å². The number of nitrogens with zero attached hydrogens (tertiary/aromatic N) is 2. The van der Waals surface area contributed by atoms with E-state index < -0.39 is 0 Å². The molecule has 0 fully saturated rings.